The van der Waals surface area contributed by atoms with Crippen molar-refractivity contribution >= 4 is 33.3 Å². The molecule has 6 nitrogen and oxygen atoms in total. The summed E-state index contributed by atoms with van der Waals surface area (Å²) in [4.78, 5) is 23.5. The van der Waals surface area contributed by atoms with Gasteiger partial charge in [0.15, 0.2) is 9.84 Å². The Kier molecular flexibility index (Phi) is 2.66. The van der Waals surface area contributed by atoms with Crippen molar-refractivity contribution in [2.45, 2.75) is 35.9 Å². The van der Waals surface area contributed by atoms with Crippen LogP contribution in [0.15, 0.2) is 0 Å². The van der Waals surface area contributed by atoms with E-state index in [1.807, 2.05) is 0 Å². The van der Waals surface area contributed by atoms with Crippen molar-refractivity contribution in [1.29, 1.82) is 0 Å². The molecule has 0 radical (unpaired) electrons. The highest BCUT2D eigenvalue weighted by molar-refractivity contribution is 7.93. The van der Waals surface area contributed by atoms with Gasteiger partial charge in [-0.15, -0.1) is 11.6 Å². The summed E-state index contributed by atoms with van der Waals surface area (Å²) < 4.78 is 22.9. The molecule has 2 aliphatic rings. The molecular formula is C9H12ClNO5S. The minimum atomic E-state index is -3.68. The number of β-lactam (4-membered cyclic amide) rings is 1. The number of amides is 1. The molecule has 1 N–H and O–H groups in total. The first-order valence-electron chi connectivity index (χ1n) is 5.10. The first-order chi connectivity index (χ1) is 7.77. The van der Waals surface area contributed by atoms with Crippen LogP contribution in [0.1, 0.15) is 19.8 Å². The van der Waals surface area contributed by atoms with E-state index in [0.29, 0.717) is 0 Å². The van der Waals surface area contributed by atoms with Gasteiger partial charge in [-0.1, -0.05) is 0 Å². The van der Waals surface area contributed by atoms with Crippen LogP contribution in [0.2, 0.25) is 0 Å². The number of hydrogen-bond acceptors (Lipinski definition) is 4. The van der Waals surface area contributed by atoms with Crippen LogP contribution in [0, 0.1) is 0 Å². The van der Waals surface area contributed by atoms with Gasteiger partial charge >= 0.3 is 5.97 Å². The Morgan fingerprint density at radius 2 is 2.24 bits per heavy atom. The molecule has 3 atom stereocenters. The first-order valence-corrected chi connectivity index (χ1v) is 7.19. The standard InChI is InChI=1S/C9H12ClNO5S/c1-9(2-3-10)7(8(13)14)11-5(12)4-6(11)17(9,15)16/h6-7H,2-4H2,1H3,(H,13,14)/t6-,7+,9?/m1/s1. The van der Waals surface area contributed by atoms with E-state index in [4.69, 9.17) is 16.7 Å². The fourth-order valence-corrected chi connectivity index (χ4v) is 5.52. The number of carboxylic acid groups (broad SMARTS) is 1. The third-order valence-electron chi connectivity index (χ3n) is 3.64. The number of rotatable bonds is 3. The number of carbonyl (C=O) groups excluding carboxylic acids is 1. The van der Waals surface area contributed by atoms with E-state index in [0.717, 1.165) is 4.90 Å². The largest absolute Gasteiger partial charge is 0.480 e. The molecule has 2 aliphatic heterocycles. The van der Waals surface area contributed by atoms with Crippen LogP contribution in [0.5, 0.6) is 0 Å². The summed E-state index contributed by atoms with van der Waals surface area (Å²) in [6.45, 7) is 1.36. The van der Waals surface area contributed by atoms with Gasteiger partial charge < -0.3 is 10.0 Å². The summed E-state index contributed by atoms with van der Waals surface area (Å²) in [6, 6.07) is -1.32. The third kappa shape index (κ3) is 1.35. The normalized spacial score (nSPS) is 38.7. The maximum Gasteiger partial charge on any atom is 0.328 e. The Balaban J connectivity index is 2.54. The molecule has 1 unspecified atom stereocenters. The molecule has 0 aromatic rings. The SMILES string of the molecule is CC1(CCCl)[C@H](C(=O)O)N2C(=O)C[C@H]2S1(=O)=O. The molecule has 96 valence electrons. The third-order valence-corrected chi connectivity index (χ3v) is 6.66. The van der Waals surface area contributed by atoms with Gasteiger partial charge in [0.05, 0.1) is 6.42 Å². The average molecular weight is 282 g/mol. The van der Waals surface area contributed by atoms with Crippen molar-refractivity contribution < 1.29 is 23.1 Å². The predicted octanol–water partition coefficient (Wildman–Crippen LogP) is -0.186. The Morgan fingerprint density at radius 1 is 1.65 bits per heavy atom. The lowest BCUT2D eigenvalue weighted by Crippen LogP contribution is -2.57. The van der Waals surface area contributed by atoms with Crippen LogP contribution < -0.4 is 0 Å². The quantitative estimate of drug-likeness (QED) is 0.572. The second-order valence-corrected chi connectivity index (χ2v) is 7.44. The number of aliphatic carboxylic acids is 1. The fraction of sp³-hybridized carbons (Fsp3) is 0.778. The monoisotopic (exact) mass is 281 g/mol. The molecule has 0 aliphatic carbocycles. The molecule has 2 heterocycles. The molecule has 1 amide bonds. The smallest absolute Gasteiger partial charge is 0.328 e. The Hall–Kier alpha value is -0.820. The Labute approximate surface area is 103 Å². The van der Waals surface area contributed by atoms with Crippen LogP contribution in [0.25, 0.3) is 0 Å². The van der Waals surface area contributed by atoms with E-state index in [1.54, 1.807) is 0 Å². The molecule has 8 heteroatoms. The zero-order valence-corrected chi connectivity index (χ0v) is 10.7. The van der Waals surface area contributed by atoms with Crippen LogP contribution in [-0.2, 0) is 19.4 Å². The van der Waals surface area contributed by atoms with Crippen LogP contribution in [0.3, 0.4) is 0 Å². The second kappa shape index (κ2) is 3.58. The van der Waals surface area contributed by atoms with E-state index in [1.165, 1.54) is 6.92 Å². The van der Waals surface area contributed by atoms with E-state index in [2.05, 4.69) is 0 Å². The lowest BCUT2D eigenvalue weighted by molar-refractivity contribution is -0.157. The van der Waals surface area contributed by atoms with Gasteiger partial charge in [-0.2, -0.15) is 0 Å². The molecule has 0 bridgehead atoms. The van der Waals surface area contributed by atoms with Crippen LogP contribution >= 0.6 is 11.6 Å². The van der Waals surface area contributed by atoms with Crippen molar-refractivity contribution in [3.8, 4) is 0 Å². The number of sulfone groups is 1. The van der Waals surface area contributed by atoms with Gasteiger partial charge in [-0.25, -0.2) is 13.2 Å². The number of carboxylic acids is 1. The van der Waals surface area contributed by atoms with Crippen LogP contribution in [-0.4, -0.2) is 52.3 Å². The summed E-state index contributed by atoms with van der Waals surface area (Å²) in [5.41, 5.74) is 0. The van der Waals surface area contributed by atoms with Gasteiger partial charge in [0.2, 0.25) is 5.91 Å². The van der Waals surface area contributed by atoms with Crippen molar-refractivity contribution in [2.75, 3.05) is 5.88 Å². The summed E-state index contributed by atoms with van der Waals surface area (Å²) in [5, 5.41) is 8.16. The predicted molar refractivity (Wildman–Crippen MR) is 59.3 cm³/mol. The van der Waals surface area contributed by atoms with Gasteiger partial charge in [0.25, 0.3) is 0 Å². The average Bonchev–Trinajstić information content (AvgIpc) is 2.33. The van der Waals surface area contributed by atoms with Crippen molar-refractivity contribution in [2.24, 2.45) is 0 Å². The summed E-state index contributed by atoms with van der Waals surface area (Å²) in [7, 11) is -3.68. The number of fused-ring (bicyclic) bond motifs is 1. The maximum absolute atomic E-state index is 12.2. The van der Waals surface area contributed by atoms with Gasteiger partial charge in [-0.05, 0) is 13.3 Å². The van der Waals surface area contributed by atoms with Crippen molar-refractivity contribution in [1.82, 2.24) is 4.90 Å². The molecule has 2 saturated heterocycles. The summed E-state index contributed by atoms with van der Waals surface area (Å²) >= 11 is 5.56. The summed E-state index contributed by atoms with van der Waals surface area (Å²) in [6.07, 6.45) is -0.0991. The Bertz CT molecular complexity index is 490. The molecule has 0 spiro atoms. The number of nitrogens with zero attached hydrogens (tertiary/aromatic N) is 1. The molecular weight excluding hydrogens is 270 g/mol. The molecule has 0 aromatic heterocycles. The molecule has 0 aromatic carbocycles. The molecule has 17 heavy (non-hydrogen) atoms. The van der Waals surface area contributed by atoms with Gasteiger partial charge in [0, 0.05) is 5.88 Å². The number of alkyl halides is 1. The number of halogens is 1. The van der Waals surface area contributed by atoms with E-state index in [-0.39, 0.29) is 18.7 Å². The minimum absolute atomic E-state index is 0.0220. The number of hydrogen-bond donors (Lipinski definition) is 1. The number of carbonyl (C=O) groups is 2. The van der Waals surface area contributed by atoms with Gasteiger partial charge in [-0.3, -0.25) is 4.79 Å². The molecule has 2 fully saturated rings. The molecule has 0 saturated carbocycles. The highest BCUT2D eigenvalue weighted by atomic mass is 35.5. The highest BCUT2D eigenvalue weighted by Gasteiger charge is 2.69. The van der Waals surface area contributed by atoms with E-state index >= 15 is 0 Å². The first kappa shape index (κ1) is 12.6. The second-order valence-electron chi connectivity index (χ2n) is 4.50. The zero-order chi connectivity index (χ0) is 13.0. The highest BCUT2D eigenvalue weighted by Crippen LogP contribution is 2.47. The zero-order valence-electron chi connectivity index (χ0n) is 9.09. The topological polar surface area (TPSA) is 91.8 Å². The van der Waals surface area contributed by atoms with E-state index < -0.39 is 37.9 Å². The minimum Gasteiger partial charge on any atom is -0.480 e. The van der Waals surface area contributed by atoms with E-state index in [9.17, 15) is 18.0 Å². The Morgan fingerprint density at radius 3 is 2.65 bits per heavy atom. The maximum atomic E-state index is 12.2. The molecule has 2 rings (SSSR count). The van der Waals surface area contributed by atoms with Crippen molar-refractivity contribution in [3.63, 3.8) is 0 Å². The van der Waals surface area contributed by atoms with Crippen LogP contribution in [0.4, 0.5) is 0 Å². The summed E-state index contributed by atoms with van der Waals surface area (Å²) in [5.74, 6) is -1.69. The van der Waals surface area contributed by atoms with Gasteiger partial charge in [0.1, 0.15) is 16.2 Å². The fourth-order valence-electron chi connectivity index (χ4n) is 2.58. The lowest BCUT2D eigenvalue weighted by Gasteiger charge is -2.35. The lowest BCUT2D eigenvalue weighted by atomic mass is 9.94. The van der Waals surface area contributed by atoms with Crippen molar-refractivity contribution in [3.05, 3.63) is 0 Å².